The van der Waals surface area contributed by atoms with Crippen molar-refractivity contribution in [3.8, 4) is 0 Å². The van der Waals surface area contributed by atoms with E-state index < -0.39 is 0 Å². The lowest BCUT2D eigenvalue weighted by molar-refractivity contribution is 0.408. The Morgan fingerprint density at radius 3 is 3.15 bits per heavy atom. The van der Waals surface area contributed by atoms with Gasteiger partial charge in [0.05, 0.1) is 0 Å². The predicted octanol–water partition coefficient (Wildman–Crippen LogP) is 0.542. The summed E-state index contributed by atoms with van der Waals surface area (Å²) in [6.45, 7) is 3.90. The van der Waals surface area contributed by atoms with Crippen LogP contribution in [-0.4, -0.2) is 29.3 Å². The zero-order chi connectivity index (χ0) is 9.10. The fraction of sp³-hybridized carbons (Fsp3) is 0.750. The molecule has 1 aliphatic heterocycles. The average molecular weight is 182 g/mol. The number of nitrogens with one attached hydrogen (secondary N) is 2. The third kappa shape index (κ3) is 2.18. The molecule has 2 N–H and O–H groups in total. The number of piperidine rings is 1. The first kappa shape index (κ1) is 8.50. The van der Waals surface area contributed by atoms with E-state index in [9.17, 15) is 0 Å². The van der Waals surface area contributed by atoms with Gasteiger partial charge in [-0.2, -0.15) is 4.98 Å². The van der Waals surface area contributed by atoms with Crippen LogP contribution in [0, 0.1) is 6.92 Å². The van der Waals surface area contributed by atoms with E-state index in [1.165, 1.54) is 6.42 Å². The average Bonchev–Trinajstić information content (AvgIpc) is 2.53. The summed E-state index contributed by atoms with van der Waals surface area (Å²) in [6, 6.07) is 0.958. The SMILES string of the molecule is Cc1noc(NC2CCCNC2)n1. The Bertz CT molecular complexity index is 267. The van der Waals surface area contributed by atoms with Gasteiger partial charge < -0.3 is 15.2 Å². The topological polar surface area (TPSA) is 63.0 Å². The van der Waals surface area contributed by atoms with Crippen LogP contribution < -0.4 is 10.6 Å². The lowest BCUT2D eigenvalue weighted by atomic mass is 10.1. The molecule has 1 aliphatic rings. The normalized spacial score (nSPS) is 23.0. The summed E-state index contributed by atoms with van der Waals surface area (Å²) in [5.74, 6) is 0.672. The molecule has 0 spiro atoms. The summed E-state index contributed by atoms with van der Waals surface area (Å²) in [5, 5.41) is 10.2. The van der Waals surface area contributed by atoms with Crippen LogP contribution in [0.2, 0.25) is 0 Å². The van der Waals surface area contributed by atoms with Crippen LogP contribution in [0.4, 0.5) is 6.01 Å². The summed E-state index contributed by atoms with van der Waals surface area (Å²) in [4.78, 5) is 4.09. The minimum absolute atomic E-state index is 0.425. The van der Waals surface area contributed by atoms with E-state index in [2.05, 4.69) is 20.8 Å². The molecule has 0 radical (unpaired) electrons. The monoisotopic (exact) mass is 182 g/mol. The molecular weight excluding hydrogens is 168 g/mol. The molecule has 5 nitrogen and oxygen atoms in total. The first-order chi connectivity index (χ1) is 6.34. The predicted molar refractivity (Wildman–Crippen MR) is 48.5 cm³/mol. The lowest BCUT2D eigenvalue weighted by Crippen LogP contribution is -2.38. The molecule has 0 bridgehead atoms. The second kappa shape index (κ2) is 3.74. The Morgan fingerprint density at radius 2 is 2.54 bits per heavy atom. The summed E-state index contributed by atoms with van der Waals surface area (Å²) < 4.78 is 4.97. The molecule has 1 saturated heterocycles. The van der Waals surface area contributed by atoms with Crippen LogP contribution in [0.5, 0.6) is 0 Å². The summed E-state index contributed by atoms with van der Waals surface area (Å²) in [5.41, 5.74) is 0. The molecule has 5 heteroatoms. The molecule has 0 amide bonds. The van der Waals surface area contributed by atoms with Crippen LogP contribution in [0.25, 0.3) is 0 Å². The zero-order valence-corrected chi connectivity index (χ0v) is 7.71. The largest absolute Gasteiger partial charge is 0.334 e. The highest BCUT2D eigenvalue weighted by Gasteiger charge is 2.14. The molecule has 13 heavy (non-hydrogen) atoms. The minimum atomic E-state index is 0.425. The molecule has 1 unspecified atom stereocenters. The van der Waals surface area contributed by atoms with Gasteiger partial charge in [0.2, 0.25) is 0 Å². The van der Waals surface area contributed by atoms with Gasteiger partial charge in [-0.15, -0.1) is 0 Å². The first-order valence-corrected chi connectivity index (χ1v) is 4.62. The lowest BCUT2D eigenvalue weighted by Gasteiger charge is -2.22. The van der Waals surface area contributed by atoms with E-state index in [1.807, 2.05) is 6.92 Å². The fourth-order valence-electron chi connectivity index (χ4n) is 1.51. The molecular formula is C8H14N4O. The molecule has 2 rings (SSSR count). The van der Waals surface area contributed by atoms with Crippen molar-refractivity contribution < 1.29 is 4.52 Å². The van der Waals surface area contributed by atoms with Crippen molar-refractivity contribution in [1.29, 1.82) is 0 Å². The van der Waals surface area contributed by atoms with E-state index in [1.54, 1.807) is 0 Å². The van der Waals surface area contributed by atoms with Crippen molar-refractivity contribution in [2.24, 2.45) is 0 Å². The van der Waals surface area contributed by atoms with Gasteiger partial charge in [0.15, 0.2) is 5.82 Å². The molecule has 0 aromatic carbocycles. The highest BCUT2D eigenvalue weighted by molar-refractivity contribution is 5.20. The Morgan fingerprint density at radius 1 is 1.62 bits per heavy atom. The van der Waals surface area contributed by atoms with Gasteiger partial charge in [-0.25, -0.2) is 0 Å². The van der Waals surface area contributed by atoms with E-state index in [0.717, 1.165) is 19.5 Å². The van der Waals surface area contributed by atoms with Crippen molar-refractivity contribution in [2.75, 3.05) is 18.4 Å². The maximum atomic E-state index is 4.97. The van der Waals surface area contributed by atoms with Gasteiger partial charge in [-0.05, 0) is 26.3 Å². The van der Waals surface area contributed by atoms with Gasteiger partial charge in [0.1, 0.15) is 0 Å². The Hall–Kier alpha value is -1.10. The fourth-order valence-corrected chi connectivity index (χ4v) is 1.51. The summed E-state index contributed by atoms with van der Waals surface area (Å²) in [6.07, 6.45) is 2.36. The smallest absolute Gasteiger partial charge is 0.321 e. The van der Waals surface area contributed by atoms with Crippen molar-refractivity contribution in [3.63, 3.8) is 0 Å². The van der Waals surface area contributed by atoms with E-state index >= 15 is 0 Å². The summed E-state index contributed by atoms with van der Waals surface area (Å²) in [7, 11) is 0. The minimum Gasteiger partial charge on any atom is -0.334 e. The van der Waals surface area contributed by atoms with Crippen molar-refractivity contribution in [3.05, 3.63) is 5.82 Å². The summed E-state index contributed by atoms with van der Waals surface area (Å²) >= 11 is 0. The van der Waals surface area contributed by atoms with Gasteiger partial charge >= 0.3 is 6.01 Å². The molecule has 72 valence electrons. The van der Waals surface area contributed by atoms with Crippen molar-refractivity contribution >= 4 is 6.01 Å². The third-order valence-corrected chi connectivity index (χ3v) is 2.15. The number of aryl methyl sites for hydroxylation is 1. The molecule has 0 saturated carbocycles. The second-order valence-electron chi connectivity index (χ2n) is 3.33. The van der Waals surface area contributed by atoms with Crippen molar-refractivity contribution in [2.45, 2.75) is 25.8 Å². The number of rotatable bonds is 2. The second-order valence-corrected chi connectivity index (χ2v) is 3.33. The number of hydrogen-bond donors (Lipinski definition) is 2. The maximum Gasteiger partial charge on any atom is 0.321 e. The molecule has 1 aromatic rings. The van der Waals surface area contributed by atoms with E-state index in [-0.39, 0.29) is 0 Å². The number of nitrogens with zero attached hydrogens (tertiary/aromatic N) is 2. The maximum absolute atomic E-state index is 4.97. The van der Waals surface area contributed by atoms with Crippen LogP contribution in [0.15, 0.2) is 4.52 Å². The molecule has 1 fully saturated rings. The third-order valence-electron chi connectivity index (χ3n) is 2.15. The Balaban J connectivity index is 1.89. The van der Waals surface area contributed by atoms with E-state index in [4.69, 9.17) is 4.52 Å². The quantitative estimate of drug-likeness (QED) is 0.699. The van der Waals surface area contributed by atoms with Gasteiger partial charge in [0, 0.05) is 12.6 Å². The first-order valence-electron chi connectivity index (χ1n) is 4.62. The van der Waals surface area contributed by atoms with Crippen molar-refractivity contribution in [1.82, 2.24) is 15.5 Å². The van der Waals surface area contributed by atoms with Crippen LogP contribution in [0.3, 0.4) is 0 Å². The van der Waals surface area contributed by atoms with E-state index in [0.29, 0.717) is 17.9 Å². The highest BCUT2D eigenvalue weighted by atomic mass is 16.5. The zero-order valence-electron chi connectivity index (χ0n) is 7.71. The molecule has 0 aliphatic carbocycles. The molecule has 2 heterocycles. The van der Waals surface area contributed by atoms with Gasteiger partial charge in [0.25, 0.3) is 0 Å². The van der Waals surface area contributed by atoms with Gasteiger partial charge in [-0.1, -0.05) is 5.16 Å². The Labute approximate surface area is 76.9 Å². The van der Waals surface area contributed by atoms with Crippen LogP contribution >= 0.6 is 0 Å². The van der Waals surface area contributed by atoms with Crippen LogP contribution in [-0.2, 0) is 0 Å². The number of hydrogen-bond acceptors (Lipinski definition) is 5. The number of aromatic nitrogens is 2. The Kier molecular flexibility index (Phi) is 2.44. The van der Waals surface area contributed by atoms with Crippen LogP contribution in [0.1, 0.15) is 18.7 Å². The number of anilines is 1. The van der Waals surface area contributed by atoms with Gasteiger partial charge in [-0.3, -0.25) is 0 Å². The molecule has 1 atom stereocenters. The standard InChI is InChI=1S/C8H14N4O/c1-6-10-8(13-12-6)11-7-3-2-4-9-5-7/h7,9H,2-5H2,1H3,(H,10,11,12). The highest BCUT2D eigenvalue weighted by Crippen LogP contribution is 2.09. The molecule has 1 aromatic heterocycles.